The molecule has 3 aromatic carbocycles. The van der Waals surface area contributed by atoms with Crippen molar-refractivity contribution in [3.8, 4) is 0 Å². The van der Waals surface area contributed by atoms with Gasteiger partial charge in [-0.25, -0.2) is 0 Å². The van der Waals surface area contributed by atoms with Gasteiger partial charge in [-0.15, -0.1) is 0 Å². The normalized spacial score (nSPS) is 10.4. The van der Waals surface area contributed by atoms with E-state index in [9.17, 15) is 4.79 Å². The molecule has 0 aliphatic heterocycles. The van der Waals surface area contributed by atoms with E-state index in [2.05, 4.69) is 33.2 Å². The molecule has 0 heterocycles. The van der Waals surface area contributed by atoms with Gasteiger partial charge in [0.15, 0.2) is 0 Å². The Kier molecular flexibility index (Phi) is 6.40. The van der Waals surface area contributed by atoms with Crippen LogP contribution in [0.3, 0.4) is 0 Å². The van der Waals surface area contributed by atoms with E-state index in [4.69, 9.17) is 23.2 Å². The number of anilines is 3. The molecule has 0 saturated heterocycles. The van der Waals surface area contributed by atoms with E-state index in [0.29, 0.717) is 15.7 Å². The fourth-order valence-corrected chi connectivity index (χ4v) is 3.31. The number of hydrogen-bond donors (Lipinski definition) is 2. The van der Waals surface area contributed by atoms with Crippen LogP contribution in [0.4, 0.5) is 17.1 Å². The van der Waals surface area contributed by atoms with E-state index < -0.39 is 0 Å². The van der Waals surface area contributed by atoms with Gasteiger partial charge in [0, 0.05) is 14.9 Å². The summed E-state index contributed by atoms with van der Waals surface area (Å²) in [4.78, 5) is 12.4. The largest absolute Gasteiger partial charge is 0.353 e. The van der Waals surface area contributed by atoms with Crippen molar-refractivity contribution in [2.24, 2.45) is 0 Å². The lowest BCUT2D eigenvalue weighted by Crippen LogP contribution is -2.15. The molecule has 0 aromatic heterocycles. The monoisotopic (exact) mass is 496 g/mol. The van der Waals surface area contributed by atoms with E-state index in [-0.39, 0.29) is 12.3 Å². The van der Waals surface area contributed by atoms with Crippen molar-refractivity contribution in [1.82, 2.24) is 0 Å². The number of rotatable bonds is 5. The van der Waals surface area contributed by atoms with Gasteiger partial charge in [-0.2, -0.15) is 0 Å². The van der Waals surface area contributed by atoms with Gasteiger partial charge in [-0.05, 0) is 70.6 Å². The smallest absolute Gasteiger partial charge is 0.228 e. The Morgan fingerprint density at radius 2 is 1.54 bits per heavy atom. The fraction of sp³-hybridized carbons (Fsp3) is 0.0500. The van der Waals surface area contributed by atoms with Crippen molar-refractivity contribution >= 4 is 68.8 Å². The number of para-hydroxylation sites is 2. The second-order valence-corrected chi connectivity index (χ2v) is 7.67. The summed E-state index contributed by atoms with van der Waals surface area (Å²) in [5.41, 5.74) is 3.04. The highest BCUT2D eigenvalue weighted by atomic mass is 127. The highest BCUT2D eigenvalue weighted by Crippen LogP contribution is 2.33. The average molecular weight is 497 g/mol. The summed E-state index contributed by atoms with van der Waals surface area (Å²) < 4.78 is 1.12. The predicted molar refractivity (Wildman–Crippen MR) is 118 cm³/mol. The molecule has 3 aromatic rings. The molecule has 1 amide bonds. The highest BCUT2D eigenvalue weighted by molar-refractivity contribution is 14.1. The van der Waals surface area contributed by atoms with Gasteiger partial charge in [-0.3, -0.25) is 4.79 Å². The Labute approximate surface area is 175 Å². The highest BCUT2D eigenvalue weighted by Gasteiger charge is 2.11. The molecule has 3 nitrogen and oxygen atoms in total. The van der Waals surface area contributed by atoms with Crippen LogP contribution in [-0.4, -0.2) is 5.91 Å². The topological polar surface area (TPSA) is 41.1 Å². The van der Waals surface area contributed by atoms with Gasteiger partial charge in [0.1, 0.15) is 0 Å². The third-order valence-corrected chi connectivity index (χ3v) is 5.07. The number of amides is 1. The number of halogens is 3. The Morgan fingerprint density at radius 1 is 0.885 bits per heavy atom. The van der Waals surface area contributed by atoms with Gasteiger partial charge < -0.3 is 10.6 Å². The first kappa shape index (κ1) is 19.0. The Bertz CT molecular complexity index is 909. The van der Waals surface area contributed by atoms with Gasteiger partial charge >= 0.3 is 0 Å². The first-order valence-electron chi connectivity index (χ1n) is 7.87. The van der Waals surface area contributed by atoms with Gasteiger partial charge in [0.2, 0.25) is 5.91 Å². The maximum Gasteiger partial charge on any atom is 0.228 e. The van der Waals surface area contributed by atoms with Gasteiger partial charge in [0.05, 0.1) is 22.2 Å². The van der Waals surface area contributed by atoms with Crippen LogP contribution in [-0.2, 0) is 11.2 Å². The molecular formula is C20H15Cl2IN2O. The molecule has 6 heteroatoms. The molecule has 3 rings (SSSR count). The minimum Gasteiger partial charge on any atom is -0.353 e. The summed E-state index contributed by atoms with van der Waals surface area (Å²) in [6.07, 6.45) is 0.233. The first-order valence-corrected chi connectivity index (χ1v) is 9.71. The van der Waals surface area contributed by atoms with Crippen molar-refractivity contribution in [3.05, 3.63) is 85.9 Å². The van der Waals surface area contributed by atoms with E-state index in [1.807, 2.05) is 48.5 Å². The lowest BCUT2D eigenvalue weighted by Gasteiger charge is -2.14. The third kappa shape index (κ3) is 4.90. The molecule has 0 aliphatic carbocycles. The molecule has 0 unspecified atom stereocenters. The summed E-state index contributed by atoms with van der Waals surface area (Å²) >= 11 is 14.7. The van der Waals surface area contributed by atoms with Crippen LogP contribution < -0.4 is 10.6 Å². The Morgan fingerprint density at radius 3 is 2.23 bits per heavy atom. The van der Waals surface area contributed by atoms with Crippen molar-refractivity contribution in [3.63, 3.8) is 0 Å². The molecular weight excluding hydrogens is 482 g/mol. The molecule has 132 valence electrons. The lowest BCUT2D eigenvalue weighted by molar-refractivity contribution is -0.115. The molecule has 0 atom stereocenters. The molecule has 2 N–H and O–H groups in total. The summed E-state index contributed by atoms with van der Waals surface area (Å²) in [5.74, 6) is -0.0919. The number of benzene rings is 3. The first-order chi connectivity index (χ1) is 12.5. The summed E-state index contributed by atoms with van der Waals surface area (Å²) in [5, 5.41) is 7.20. The number of nitrogens with one attached hydrogen (secondary N) is 2. The standard InChI is InChI=1S/C20H15Cl2IN2O/c21-16-5-3-6-17(22)20(16)25-18-7-2-1-4-13(18)12-19(26)24-15-10-8-14(23)9-11-15/h1-11,25H,12H2,(H,24,26). The van der Waals surface area contributed by atoms with Crippen LogP contribution in [0.25, 0.3) is 0 Å². The summed E-state index contributed by atoms with van der Waals surface area (Å²) in [7, 11) is 0. The van der Waals surface area contributed by atoms with Crippen LogP contribution in [0.2, 0.25) is 10.0 Å². The van der Waals surface area contributed by atoms with E-state index in [1.54, 1.807) is 18.2 Å². The second-order valence-electron chi connectivity index (χ2n) is 5.61. The van der Waals surface area contributed by atoms with Crippen molar-refractivity contribution in [1.29, 1.82) is 0 Å². The van der Waals surface area contributed by atoms with E-state index in [0.717, 1.165) is 20.5 Å². The second kappa shape index (κ2) is 8.75. The zero-order valence-corrected chi connectivity index (χ0v) is 17.3. The number of carbonyl (C=O) groups excluding carboxylic acids is 1. The van der Waals surface area contributed by atoms with E-state index in [1.165, 1.54) is 0 Å². The molecule has 0 saturated carbocycles. The molecule has 0 bridgehead atoms. The molecule has 26 heavy (non-hydrogen) atoms. The molecule has 0 aliphatic rings. The van der Waals surface area contributed by atoms with Crippen molar-refractivity contribution in [2.45, 2.75) is 6.42 Å². The van der Waals surface area contributed by atoms with Crippen LogP contribution in [0.15, 0.2) is 66.7 Å². The van der Waals surface area contributed by atoms with Gasteiger partial charge in [-0.1, -0.05) is 47.5 Å². The minimum absolute atomic E-state index is 0.0919. The van der Waals surface area contributed by atoms with Crippen LogP contribution in [0, 0.1) is 3.57 Å². The van der Waals surface area contributed by atoms with E-state index >= 15 is 0 Å². The molecule has 0 radical (unpaired) electrons. The van der Waals surface area contributed by atoms with Crippen LogP contribution in [0.5, 0.6) is 0 Å². The SMILES string of the molecule is O=C(Cc1ccccc1Nc1c(Cl)cccc1Cl)Nc1ccc(I)cc1. The lowest BCUT2D eigenvalue weighted by atomic mass is 10.1. The van der Waals surface area contributed by atoms with Gasteiger partial charge in [0.25, 0.3) is 0 Å². The van der Waals surface area contributed by atoms with Crippen molar-refractivity contribution < 1.29 is 4.79 Å². The number of carbonyl (C=O) groups is 1. The summed E-state index contributed by atoms with van der Waals surface area (Å²) in [6.45, 7) is 0. The zero-order chi connectivity index (χ0) is 18.5. The molecule has 0 fully saturated rings. The predicted octanol–water partition coefficient (Wildman–Crippen LogP) is 6.52. The van der Waals surface area contributed by atoms with Crippen molar-refractivity contribution in [2.75, 3.05) is 10.6 Å². The Hall–Kier alpha value is -1.76. The average Bonchev–Trinajstić information content (AvgIpc) is 2.61. The zero-order valence-electron chi connectivity index (χ0n) is 13.6. The maximum absolute atomic E-state index is 12.4. The number of hydrogen-bond acceptors (Lipinski definition) is 2. The Balaban J connectivity index is 1.76. The molecule has 0 spiro atoms. The minimum atomic E-state index is -0.0919. The quantitative estimate of drug-likeness (QED) is 0.394. The third-order valence-electron chi connectivity index (χ3n) is 3.72. The van der Waals surface area contributed by atoms with Crippen LogP contribution >= 0.6 is 45.8 Å². The van der Waals surface area contributed by atoms with Crippen LogP contribution in [0.1, 0.15) is 5.56 Å². The fourth-order valence-electron chi connectivity index (χ4n) is 2.46. The summed E-state index contributed by atoms with van der Waals surface area (Å²) in [6, 6.07) is 20.6. The maximum atomic E-state index is 12.4.